The quantitative estimate of drug-likeness (QED) is 0.434. The zero-order valence-corrected chi connectivity index (χ0v) is 16.9. The molecule has 1 N–H and O–H groups in total. The maximum atomic E-state index is 11.7. The number of hydrogen-bond donors (Lipinski definition) is 1. The van der Waals surface area contributed by atoms with E-state index >= 15 is 0 Å². The Kier molecular flexibility index (Phi) is 7.71. The summed E-state index contributed by atoms with van der Waals surface area (Å²) in [5.41, 5.74) is 1.26. The lowest BCUT2D eigenvalue weighted by atomic mass is 10.2. The number of aliphatic imine (C=N–C) groups is 1. The third-order valence-electron chi connectivity index (χ3n) is 4.68. The molecule has 1 aliphatic rings. The first-order valence-corrected chi connectivity index (χ1v) is 10.8. The maximum Gasteiger partial charge on any atom is 0.213 e. The molecule has 1 aromatic rings. The van der Waals surface area contributed by atoms with E-state index < -0.39 is 10.0 Å². The highest BCUT2D eigenvalue weighted by Gasteiger charge is 2.20. The molecule has 0 unspecified atom stereocenters. The Morgan fingerprint density at radius 1 is 1.19 bits per heavy atom. The normalized spacial score (nSPS) is 16.2. The summed E-state index contributed by atoms with van der Waals surface area (Å²) in [6, 6.07) is 10.5. The number of sulfonamides is 1. The summed E-state index contributed by atoms with van der Waals surface area (Å²) >= 11 is 0. The number of hydrogen-bond acceptors (Lipinski definition) is 4. The Labute approximate surface area is 157 Å². The summed E-state index contributed by atoms with van der Waals surface area (Å²) in [6.45, 7) is 6.64. The summed E-state index contributed by atoms with van der Waals surface area (Å²) < 4.78 is 24.9. The number of guanidine groups is 1. The summed E-state index contributed by atoms with van der Waals surface area (Å²) in [4.78, 5) is 9.01. The third-order valence-corrected chi connectivity index (χ3v) is 6.55. The smallest absolute Gasteiger partial charge is 0.213 e. The number of rotatable bonds is 7. The topological polar surface area (TPSA) is 68.2 Å². The van der Waals surface area contributed by atoms with Crippen molar-refractivity contribution in [1.82, 2.24) is 14.5 Å². The van der Waals surface area contributed by atoms with E-state index in [0.29, 0.717) is 13.1 Å². The molecule has 26 heavy (non-hydrogen) atoms. The van der Waals surface area contributed by atoms with Crippen LogP contribution >= 0.6 is 0 Å². The van der Waals surface area contributed by atoms with E-state index in [1.54, 1.807) is 21.0 Å². The molecular formula is C18H31N5O2S. The van der Waals surface area contributed by atoms with Crippen molar-refractivity contribution < 1.29 is 8.42 Å². The molecule has 1 aliphatic heterocycles. The average molecular weight is 382 g/mol. The van der Waals surface area contributed by atoms with Gasteiger partial charge >= 0.3 is 0 Å². The lowest BCUT2D eigenvalue weighted by Crippen LogP contribution is -2.52. The Hall–Kier alpha value is -1.80. The molecule has 1 heterocycles. The van der Waals surface area contributed by atoms with Gasteiger partial charge in [-0.1, -0.05) is 18.2 Å². The molecular weight excluding hydrogens is 350 g/mol. The summed E-state index contributed by atoms with van der Waals surface area (Å²) in [7, 11) is 0.329. The van der Waals surface area contributed by atoms with Crippen molar-refractivity contribution in [2.24, 2.45) is 4.99 Å². The van der Waals surface area contributed by atoms with Gasteiger partial charge in [0.25, 0.3) is 0 Å². The van der Waals surface area contributed by atoms with Crippen molar-refractivity contribution in [2.75, 3.05) is 64.0 Å². The molecule has 1 aromatic carbocycles. The van der Waals surface area contributed by atoms with Crippen LogP contribution in [0.15, 0.2) is 35.3 Å². The minimum absolute atomic E-state index is 0.143. The van der Waals surface area contributed by atoms with E-state index in [1.807, 2.05) is 6.07 Å². The second kappa shape index (κ2) is 9.78. The van der Waals surface area contributed by atoms with Gasteiger partial charge in [0.1, 0.15) is 0 Å². The van der Waals surface area contributed by atoms with E-state index in [-0.39, 0.29) is 5.75 Å². The van der Waals surface area contributed by atoms with Crippen LogP contribution in [0.1, 0.15) is 13.3 Å². The molecule has 2 rings (SSSR count). The maximum absolute atomic E-state index is 11.7. The molecule has 0 radical (unpaired) electrons. The van der Waals surface area contributed by atoms with Crippen LogP contribution in [0.25, 0.3) is 0 Å². The fraction of sp³-hybridized carbons (Fsp3) is 0.611. The number of nitrogens with one attached hydrogen (secondary N) is 1. The first-order chi connectivity index (χ1) is 12.5. The van der Waals surface area contributed by atoms with Crippen LogP contribution in [0.3, 0.4) is 0 Å². The fourth-order valence-corrected chi connectivity index (χ4v) is 3.86. The lowest BCUT2D eigenvalue weighted by Gasteiger charge is -2.37. The molecule has 0 aromatic heterocycles. The Morgan fingerprint density at radius 2 is 1.85 bits per heavy atom. The van der Waals surface area contributed by atoms with E-state index in [2.05, 4.69) is 44.4 Å². The van der Waals surface area contributed by atoms with Crippen molar-refractivity contribution >= 4 is 21.7 Å². The van der Waals surface area contributed by atoms with E-state index in [1.165, 1.54) is 9.99 Å². The van der Waals surface area contributed by atoms with Crippen LogP contribution in [0, 0.1) is 0 Å². The lowest BCUT2D eigenvalue weighted by molar-refractivity contribution is 0.371. The van der Waals surface area contributed by atoms with Crippen LogP contribution in [-0.4, -0.2) is 82.7 Å². The van der Waals surface area contributed by atoms with Crippen molar-refractivity contribution in [3.8, 4) is 0 Å². The highest BCUT2D eigenvalue weighted by Crippen LogP contribution is 2.15. The molecule has 0 amide bonds. The molecule has 7 nitrogen and oxygen atoms in total. The third kappa shape index (κ3) is 5.60. The van der Waals surface area contributed by atoms with Crippen molar-refractivity contribution in [3.05, 3.63) is 30.3 Å². The van der Waals surface area contributed by atoms with Crippen LogP contribution in [0.4, 0.5) is 5.69 Å². The predicted molar refractivity (Wildman–Crippen MR) is 108 cm³/mol. The minimum Gasteiger partial charge on any atom is -0.368 e. The van der Waals surface area contributed by atoms with Gasteiger partial charge in [-0.2, -0.15) is 0 Å². The molecule has 1 fully saturated rings. The number of para-hydroxylation sites is 1. The number of benzene rings is 1. The second-order valence-corrected chi connectivity index (χ2v) is 8.72. The van der Waals surface area contributed by atoms with Crippen molar-refractivity contribution in [2.45, 2.75) is 13.3 Å². The van der Waals surface area contributed by atoms with Gasteiger partial charge in [-0.25, -0.2) is 12.7 Å². The van der Waals surface area contributed by atoms with Gasteiger partial charge < -0.3 is 15.1 Å². The van der Waals surface area contributed by atoms with E-state index in [0.717, 1.165) is 38.6 Å². The number of piperazine rings is 1. The standard InChI is InChI=1S/C18H31N5O2S/c1-4-26(24,25)21(3)12-8-11-20-18(19-2)23-15-13-22(14-16-23)17-9-6-5-7-10-17/h5-7,9-10H,4,8,11-16H2,1-3H3,(H,19,20). The zero-order chi connectivity index (χ0) is 19.0. The van der Waals surface area contributed by atoms with E-state index in [4.69, 9.17) is 0 Å². The number of nitrogens with zero attached hydrogens (tertiary/aromatic N) is 4. The predicted octanol–water partition coefficient (Wildman–Crippen LogP) is 1.06. The molecule has 0 saturated carbocycles. The molecule has 0 aliphatic carbocycles. The van der Waals surface area contributed by atoms with Crippen LogP contribution in [-0.2, 0) is 10.0 Å². The summed E-state index contributed by atoms with van der Waals surface area (Å²) in [5, 5.41) is 3.35. The van der Waals surface area contributed by atoms with Gasteiger partial charge in [0.15, 0.2) is 5.96 Å². The largest absolute Gasteiger partial charge is 0.368 e. The number of anilines is 1. The van der Waals surface area contributed by atoms with Gasteiger partial charge in [0.2, 0.25) is 10.0 Å². The Morgan fingerprint density at radius 3 is 2.42 bits per heavy atom. The van der Waals surface area contributed by atoms with Crippen LogP contribution in [0.5, 0.6) is 0 Å². The molecule has 0 spiro atoms. The molecule has 0 bridgehead atoms. The molecule has 146 valence electrons. The van der Waals surface area contributed by atoms with Crippen molar-refractivity contribution in [3.63, 3.8) is 0 Å². The highest BCUT2D eigenvalue weighted by atomic mass is 32.2. The first-order valence-electron chi connectivity index (χ1n) is 9.17. The van der Waals surface area contributed by atoms with Gasteiger partial charge in [0.05, 0.1) is 5.75 Å². The summed E-state index contributed by atoms with van der Waals surface area (Å²) in [5.74, 6) is 1.03. The summed E-state index contributed by atoms with van der Waals surface area (Å²) in [6.07, 6.45) is 0.749. The van der Waals surface area contributed by atoms with Gasteiger partial charge in [-0.05, 0) is 25.5 Å². The average Bonchev–Trinajstić information content (AvgIpc) is 2.68. The monoisotopic (exact) mass is 381 g/mol. The highest BCUT2D eigenvalue weighted by molar-refractivity contribution is 7.89. The Bertz CT molecular complexity index is 670. The second-order valence-electron chi connectivity index (χ2n) is 6.36. The molecule has 0 atom stereocenters. The van der Waals surface area contributed by atoms with Crippen LogP contribution in [0.2, 0.25) is 0 Å². The zero-order valence-electron chi connectivity index (χ0n) is 16.1. The first kappa shape index (κ1) is 20.5. The molecule has 1 saturated heterocycles. The van der Waals surface area contributed by atoms with Gasteiger partial charge in [0, 0.05) is 59.1 Å². The van der Waals surface area contributed by atoms with E-state index in [9.17, 15) is 8.42 Å². The van der Waals surface area contributed by atoms with Crippen LogP contribution < -0.4 is 10.2 Å². The fourth-order valence-electron chi connectivity index (χ4n) is 3.01. The Balaban J connectivity index is 1.75. The van der Waals surface area contributed by atoms with Gasteiger partial charge in [-0.3, -0.25) is 4.99 Å². The van der Waals surface area contributed by atoms with Gasteiger partial charge in [-0.15, -0.1) is 0 Å². The minimum atomic E-state index is -3.10. The molecule has 8 heteroatoms. The SMILES string of the molecule is CCS(=O)(=O)N(C)CCCNC(=NC)N1CCN(c2ccccc2)CC1. The van der Waals surface area contributed by atoms with Crippen molar-refractivity contribution in [1.29, 1.82) is 0 Å².